The number of hydrogen-bond donors (Lipinski definition) is 2. The van der Waals surface area contributed by atoms with Crippen LogP contribution in [0.3, 0.4) is 0 Å². The molecule has 0 bridgehead atoms. The van der Waals surface area contributed by atoms with Gasteiger partial charge in [-0.1, -0.05) is 32.9 Å². The summed E-state index contributed by atoms with van der Waals surface area (Å²) in [5.74, 6) is 2.33. The van der Waals surface area contributed by atoms with E-state index in [0.717, 1.165) is 56.5 Å². The fourth-order valence-corrected chi connectivity index (χ4v) is 4.61. The fourth-order valence-electron chi connectivity index (χ4n) is 4.61. The molecule has 2 heterocycles. The Balaban J connectivity index is 0.00000320. The van der Waals surface area contributed by atoms with E-state index < -0.39 is 0 Å². The third-order valence-electron chi connectivity index (χ3n) is 6.01. The number of benzene rings is 1. The molecule has 0 saturated carbocycles. The van der Waals surface area contributed by atoms with Gasteiger partial charge in [0.05, 0.1) is 18.9 Å². The lowest BCUT2D eigenvalue weighted by molar-refractivity contribution is -0.0835. The first kappa shape index (κ1) is 25.0. The van der Waals surface area contributed by atoms with Crippen molar-refractivity contribution < 1.29 is 9.47 Å². The molecule has 2 aliphatic rings. The molecule has 2 aliphatic heterocycles. The van der Waals surface area contributed by atoms with E-state index in [1.54, 1.807) is 7.11 Å². The maximum atomic E-state index is 6.12. The maximum absolute atomic E-state index is 6.12. The molecule has 2 fully saturated rings. The average Bonchev–Trinajstić information content (AvgIpc) is 3.19. The molecule has 1 aromatic carbocycles. The Kier molecular flexibility index (Phi) is 9.53. The fraction of sp³-hybridized carbons (Fsp3) is 0.696. The summed E-state index contributed by atoms with van der Waals surface area (Å²) in [6.45, 7) is 10.5. The van der Waals surface area contributed by atoms with Gasteiger partial charge in [0.15, 0.2) is 5.96 Å². The second-order valence-electron chi connectivity index (χ2n) is 9.26. The number of hydrogen-bond acceptors (Lipinski definition) is 4. The van der Waals surface area contributed by atoms with Crippen LogP contribution in [-0.4, -0.2) is 58.5 Å². The van der Waals surface area contributed by atoms with E-state index in [9.17, 15) is 0 Å². The number of para-hydroxylation sites is 2. The van der Waals surface area contributed by atoms with Crippen LogP contribution in [-0.2, 0) is 4.74 Å². The first-order valence-electron chi connectivity index (χ1n) is 10.9. The van der Waals surface area contributed by atoms with Crippen molar-refractivity contribution in [1.82, 2.24) is 10.6 Å². The number of ether oxygens (including phenoxy) is 2. The Hall–Kier alpha value is -1.22. The molecule has 0 radical (unpaired) electrons. The molecule has 170 valence electrons. The van der Waals surface area contributed by atoms with Gasteiger partial charge >= 0.3 is 0 Å². The molecule has 1 aromatic rings. The lowest BCUT2D eigenvalue weighted by atomic mass is 9.78. The number of rotatable bonds is 5. The number of nitrogens with one attached hydrogen (secondary N) is 2. The quantitative estimate of drug-likeness (QED) is 0.344. The van der Waals surface area contributed by atoms with Gasteiger partial charge in [0.25, 0.3) is 0 Å². The van der Waals surface area contributed by atoms with Crippen molar-refractivity contribution >= 4 is 35.6 Å². The van der Waals surface area contributed by atoms with E-state index in [1.807, 2.05) is 19.2 Å². The Labute approximate surface area is 199 Å². The average molecular weight is 530 g/mol. The first-order valence-corrected chi connectivity index (χ1v) is 10.9. The van der Waals surface area contributed by atoms with Crippen LogP contribution in [0.2, 0.25) is 0 Å². The Bertz CT molecular complexity index is 692. The monoisotopic (exact) mass is 530 g/mol. The minimum Gasteiger partial charge on any atom is -0.495 e. The molecule has 7 heteroatoms. The first-order chi connectivity index (χ1) is 13.9. The van der Waals surface area contributed by atoms with Crippen molar-refractivity contribution in [2.45, 2.75) is 52.2 Å². The van der Waals surface area contributed by atoms with E-state index in [2.05, 4.69) is 53.4 Å². The van der Waals surface area contributed by atoms with Crippen LogP contribution in [0.25, 0.3) is 0 Å². The van der Waals surface area contributed by atoms with Gasteiger partial charge in [-0.25, -0.2) is 0 Å². The van der Waals surface area contributed by atoms with E-state index in [4.69, 9.17) is 9.47 Å². The maximum Gasteiger partial charge on any atom is 0.191 e. The van der Waals surface area contributed by atoms with Gasteiger partial charge in [0.2, 0.25) is 0 Å². The summed E-state index contributed by atoms with van der Waals surface area (Å²) in [5.41, 5.74) is 1.32. The predicted octanol–water partition coefficient (Wildman–Crippen LogP) is 3.90. The van der Waals surface area contributed by atoms with Crippen molar-refractivity contribution in [1.29, 1.82) is 0 Å². The summed E-state index contributed by atoms with van der Waals surface area (Å²) in [6.07, 6.45) is 3.71. The van der Waals surface area contributed by atoms with Gasteiger partial charge in [0, 0.05) is 45.2 Å². The lowest BCUT2D eigenvalue weighted by Crippen LogP contribution is -2.49. The zero-order chi connectivity index (χ0) is 20.9. The minimum absolute atomic E-state index is 0. The second kappa shape index (κ2) is 11.4. The van der Waals surface area contributed by atoms with Gasteiger partial charge in [-0.2, -0.15) is 0 Å². The Morgan fingerprint density at radius 3 is 2.73 bits per heavy atom. The summed E-state index contributed by atoms with van der Waals surface area (Å²) in [4.78, 5) is 6.85. The molecule has 3 unspecified atom stereocenters. The lowest BCUT2D eigenvalue weighted by Gasteiger charge is -2.40. The van der Waals surface area contributed by atoms with Crippen LogP contribution in [0, 0.1) is 11.3 Å². The molecule has 3 rings (SSSR count). The highest BCUT2D eigenvalue weighted by Crippen LogP contribution is 2.34. The van der Waals surface area contributed by atoms with Crippen molar-refractivity contribution in [3.05, 3.63) is 24.3 Å². The standard InChI is InChI=1S/C23H38N4O2.HI/c1-23(2,3)21-17(9-8-14-29-21)15-25-22(24-4)26-18-12-13-27(16-18)19-10-6-7-11-20(19)28-5;/h6-7,10-11,17-18,21H,8-9,12-16H2,1-5H3,(H2,24,25,26);1H. The van der Waals surface area contributed by atoms with Crippen LogP contribution in [0.4, 0.5) is 5.69 Å². The molecule has 3 atom stereocenters. The van der Waals surface area contributed by atoms with Gasteiger partial charge in [0.1, 0.15) is 5.75 Å². The van der Waals surface area contributed by atoms with E-state index in [0.29, 0.717) is 12.0 Å². The largest absolute Gasteiger partial charge is 0.495 e. The van der Waals surface area contributed by atoms with Gasteiger partial charge in [-0.05, 0) is 36.8 Å². The molecule has 2 saturated heterocycles. The van der Waals surface area contributed by atoms with Crippen LogP contribution in [0.5, 0.6) is 5.75 Å². The summed E-state index contributed by atoms with van der Waals surface area (Å²) in [6, 6.07) is 8.60. The normalized spacial score (nSPS) is 24.9. The molecular formula is C23H39IN4O2. The molecule has 30 heavy (non-hydrogen) atoms. The number of halogens is 1. The molecular weight excluding hydrogens is 491 g/mol. The molecule has 2 N–H and O–H groups in total. The van der Waals surface area contributed by atoms with E-state index >= 15 is 0 Å². The number of methoxy groups -OCH3 is 1. The minimum atomic E-state index is 0. The number of nitrogens with zero attached hydrogens (tertiary/aromatic N) is 2. The topological polar surface area (TPSA) is 58.1 Å². The third-order valence-corrected chi connectivity index (χ3v) is 6.01. The Morgan fingerprint density at radius 1 is 1.27 bits per heavy atom. The van der Waals surface area contributed by atoms with Gasteiger partial charge in [-0.3, -0.25) is 4.99 Å². The molecule has 0 amide bonds. The Morgan fingerprint density at radius 2 is 2.03 bits per heavy atom. The highest BCUT2D eigenvalue weighted by atomic mass is 127. The summed E-state index contributed by atoms with van der Waals surface area (Å²) in [5, 5.41) is 7.17. The SMILES string of the molecule is CN=C(NCC1CCCOC1C(C)(C)C)NC1CCN(c2ccccc2OC)C1.I. The number of guanidine groups is 1. The number of anilines is 1. The molecule has 0 aromatic heterocycles. The molecule has 6 nitrogen and oxygen atoms in total. The van der Waals surface area contributed by atoms with Crippen molar-refractivity contribution in [2.75, 3.05) is 45.3 Å². The molecule has 0 aliphatic carbocycles. The second-order valence-corrected chi connectivity index (χ2v) is 9.26. The summed E-state index contributed by atoms with van der Waals surface area (Å²) >= 11 is 0. The summed E-state index contributed by atoms with van der Waals surface area (Å²) < 4.78 is 11.6. The van der Waals surface area contributed by atoms with Crippen LogP contribution in [0.15, 0.2) is 29.3 Å². The van der Waals surface area contributed by atoms with Gasteiger partial charge in [-0.15, -0.1) is 24.0 Å². The van der Waals surface area contributed by atoms with Crippen molar-refractivity contribution in [2.24, 2.45) is 16.3 Å². The van der Waals surface area contributed by atoms with Gasteiger partial charge < -0.3 is 25.0 Å². The number of aliphatic imine (C=N–C) groups is 1. The molecule has 0 spiro atoms. The predicted molar refractivity (Wildman–Crippen MR) is 135 cm³/mol. The third kappa shape index (κ3) is 6.39. The smallest absolute Gasteiger partial charge is 0.191 e. The summed E-state index contributed by atoms with van der Waals surface area (Å²) in [7, 11) is 3.58. The highest BCUT2D eigenvalue weighted by molar-refractivity contribution is 14.0. The van der Waals surface area contributed by atoms with Crippen molar-refractivity contribution in [3.63, 3.8) is 0 Å². The van der Waals surface area contributed by atoms with Crippen LogP contribution >= 0.6 is 24.0 Å². The van der Waals surface area contributed by atoms with Crippen LogP contribution < -0.4 is 20.3 Å². The van der Waals surface area contributed by atoms with Crippen LogP contribution in [0.1, 0.15) is 40.0 Å². The highest BCUT2D eigenvalue weighted by Gasteiger charge is 2.35. The zero-order valence-electron chi connectivity index (χ0n) is 19.1. The zero-order valence-corrected chi connectivity index (χ0v) is 21.4. The van der Waals surface area contributed by atoms with E-state index in [1.165, 1.54) is 6.42 Å². The van der Waals surface area contributed by atoms with Crippen molar-refractivity contribution in [3.8, 4) is 5.75 Å². The van der Waals surface area contributed by atoms with E-state index in [-0.39, 0.29) is 35.5 Å².